The number of rotatable bonds is 1. The summed E-state index contributed by atoms with van der Waals surface area (Å²) in [6, 6.07) is 2.73. The maximum Gasteiger partial charge on any atom is 0.252 e. The molecule has 1 aliphatic rings. The zero-order valence-electron chi connectivity index (χ0n) is 11.2. The van der Waals surface area contributed by atoms with Gasteiger partial charge >= 0.3 is 0 Å². The van der Waals surface area contributed by atoms with Crippen molar-refractivity contribution in [3.8, 4) is 5.88 Å². The van der Waals surface area contributed by atoms with Crippen molar-refractivity contribution in [3.05, 3.63) is 50.4 Å². The van der Waals surface area contributed by atoms with Crippen LogP contribution in [0.4, 0.5) is 8.78 Å². The summed E-state index contributed by atoms with van der Waals surface area (Å²) < 4.78 is 29.2. The second kappa shape index (κ2) is 4.16. The maximum absolute atomic E-state index is 14.3. The minimum atomic E-state index is -0.868. The second-order valence-electron chi connectivity index (χ2n) is 5.46. The molecule has 3 aromatic rings. The summed E-state index contributed by atoms with van der Waals surface area (Å²) >= 11 is 0. The van der Waals surface area contributed by atoms with Crippen molar-refractivity contribution in [3.63, 3.8) is 0 Å². The third kappa shape index (κ3) is 1.68. The van der Waals surface area contributed by atoms with Gasteiger partial charge in [-0.2, -0.15) is 0 Å². The molecule has 0 radical (unpaired) electrons. The van der Waals surface area contributed by atoms with E-state index in [1.165, 1.54) is 4.57 Å². The number of pyridine rings is 2. The highest BCUT2D eigenvalue weighted by atomic mass is 19.1. The molecule has 2 N–H and O–H groups in total. The molecule has 0 amide bonds. The zero-order valence-corrected chi connectivity index (χ0v) is 11.2. The van der Waals surface area contributed by atoms with E-state index in [1.54, 1.807) is 0 Å². The van der Waals surface area contributed by atoms with Crippen LogP contribution in [-0.2, 0) is 0 Å². The van der Waals surface area contributed by atoms with Gasteiger partial charge in [-0.15, -0.1) is 0 Å². The van der Waals surface area contributed by atoms with Crippen molar-refractivity contribution in [1.82, 2.24) is 9.55 Å². The fraction of sp³-hybridized carbons (Fsp3) is 0.200. The first-order chi connectivity index (χ1) is 10.5. The number of nitrogens with one attached hydrogen (secondary N) is 1. The van der Waals surface area contributed by atoms with Crippen LogP contribution in [0.3, 0.4) is 0 Å². The highest BCUT2D eigenvalue weighted by Crippen LogP contribution is 2.40. The molecule has 112 valence electrons. The van der Waals surface area contributed by atoms with E-state index in [0.717, 1.165) is 25.0 Å². The smallest absolute Gasteiger partial charge is 0.252 e. The molecule has 1 fully saturated rings. The second-order valence-corrected chi connectivity index (χ2v) is 5.46. The van der Waals surface area contributed by atoms with Crippen LogP contribution in [0.1, 0.15) is 18.9 Å². The minimum absolute atomic E-state index is 0.0357. The number of nitrogens with zero attached hydrogens (tertiary/aromatic N) is 1. The molecule has 7 heteroatoms. The topological polar surface area (TPSA) is 75.1 Å². The molecule has 2 heterocycles. The van der Waals surface area contributed by atoms with Crippen LogP contribution in [0.25, 0.3) is 21.8 Å². The van der Waals surface area contributed by atoms with Crippen LogP contribution in [0, 0.1) is 11.6 Å². The predicted molar refractivity (Wildman–Crippen MR) is 76.2 cm³/mol. The summed E-state index contributed by atoms with van der Waals surface area (Å²) in [6.07, 6.45) is 1.52. The lowest BCUT2D eigenvalue weighted by Crippen LogP contribution is -2.16. The van der Waals surface area contributed by atoms with Crippen LogP contribution in [0.5, 0.6) is 5.88 Å². The highest BCUT2D eigenvalue weighted by molar-refractivity contribution is 5.96. The molecule has 1 aliphatic carbocycles. The summed E-state index contributed by atoms with van der Waals surface area (Å²) in [5.74, 6) is -2.32. The molecule has 1 aromatic carbocycles. The first-order valence-corrected chi connectivity index (χ1v) is 6.76. The van der Waals surface area contributed by atoms with Crippen molar-refractivity contribution < 1.29 is 13.9 Å². The number of hydrogen-bond donors (Lipinski definition) is 2. The number of aromatic nitrogens is 2. The molecule has 22 heavy (non-hydrogen) atoms. The fourth-order valence-corrected chi connectivity index (χ4v) is 2.90. The first kappa shape index (κ1) is 13.0. The van der Waals surface area contributed by atoms with Gasteiger partial charge in [0.2, 0.25) is 11.3 Å². The Morgan fingerprint density at radius 2 is 1.91 bits per heavy atom. The van der Waals surface area contributed by atoms with Crippen molar-refractivity contribution in [2.45, 2.75) is 18.9 Å². The van der Waals surface area contributed by atoms with Gasteiger partial charge in [0.05, 0.1) is 16.4 Å². The number of fused-ring (bicyclic) bond motifs is 2. The molecule has 0 unspecified atom stereocenters. The maximum atomic E-state index is 14.3. The van der Waals surface area contributed by atoms with Gasteiger partial charge in [0.15, 0.2) is 5.82 Å². The largest absolute Gasteiger partial charge is 0.494 e. The fourth-order valence-electron chi connectivity index (χ4n) is 2.90. The van der Waals surface area contributed by atoms with Gasteiger partial charge in [0.25, 0.3) is 5.56 Å². The number of halogens is 2. The summed E-state index contributed by atoms with van der Waals surface area (Å²) in [6.45, 7) is 0. The van der Waals surface area contributed by atoms with Crippen LogP contribution in [0.2, 0.25) is 0 Å². The van der Waals surface area contributed by atoms with E-state index in [0.29, 0.717) is 6.07 Å². The lowest BCUT2D eigenvalue weighted by molar-refractivity contribution is 0.458. The number of benzene rings is 1. The Labute approximate surface area is 121 Å². The lowest BCUT2D eigenvalue weighted by atomic mass is 10.1. The SMILES string of the molecule is O=c1cc2c(c(O)[nH]1)c(=O)c1cc(F)cc(F)c1n2C1CC1. The highest BCUT2D eigenvalue weighted by Gasteiger charge is 2.29. The monoisotopic (exact) mass is 304 g/mol. The average Bonchev–Trinajstić information content (AvgIpc) is 3.23. The predicted octanol–water partition coefficient (Wildman–Crippen LogP) is 2.16. The molecular weight excluding hydrogens is 294 g/mol. The number of aromatic amines is 1. The standard InChI is InChI=1S/C15H10F2N2O3/c16-6-3-8-13(9(17)4-6)19(7-1-2-7)10-5-11(20)18-15(22)12(10)14(8)21/h3-5,7H,1-2H2,(H2,18,20,22). The van der Waals surface area contributed by atoms with Gasteiger partial charge in [-0.25, -0.2) is 8.78 Å². The lowest BCUT2D eigenvalue weighted by Gasteiger charge is -2.15. The zero-order chi connectivity index (χ0) is 15.6. The van der Waals surface area contributed by atoms with Gasteiger partial charge in [-0.05, 0) is 18.9 Å². The Morgan fingerprint density at radius 1 is 1.18 bits per heavy atom. The van der Waals surface area contributed by atoms with Crippen molar-refractivity contribution >= 4 is 21.8 Å². The summed E-state index contributed by atoms with van der Waals surface area (Å²) in [5, 5.41) is 9.61. The van der Waals surface area contributed by atoms with E-state index >= 15 is 0 Å². The van der Waals surface area contributed by atoms with E-state index in [1.807, 2.05) is 0 Å². The summed E-state index contributed by atoms with van der Waals surface area (Å²) in [5.41, 5.74) is -1.19. The summed E-state index contributed by atoms with van der Waals surface area (Å²) in [7, 11) is 0. The van der Waals surface area contributed by atoms with E-state index in [4.69, 9.17) is 0 Å². The Kier molecular flexibility index (Phi) is 2.46. The molecule has 0 aliphatic heterocycles. The van der Waals surface area contributed by atoms with Crippen molar-refractivity contribution in [1.29, 1.82) is 0 Å². The Morgan fingerprint density at radius 3 is 2.59 bits per heavy atom. The molecule has 0 saturated heterocycles. The third-order valence-electron chi connectivity index (χ3n) is 3.91. The van der Waals surface area contributed by atoms with E-state index < -0.39 is 28.5 Å². The summed E-state index contributed by atoms with van der Waals surface area (Å²) in [4.78, 5) is 26.2. The minimum Gasteiger partial charge on any atom is -0.494 e. The van der Waals surface area contributed by atoms with Gasteiger partial charge in [0, 0.05) is 18.2 Å². The molecule has 0 atom stereocenters. The van der Waals surface area contributed by atoms with E-state index in [2.05, 4.69) is 4.98 Å². The first-order valence-electron chi connectivity index (χ1n) is 6.76. The van der Waals surface area contributed by atoms with Crippen LogP contribution < -0.4 is 11.0 Å². The van der Waals surface area contributed by atoms with E-state index in [9.17, 15) is 23.5 Å². The Balaban J connectivity index is 2.38. The molecule has 4 rings (SSSR count). The molecule has 0 bridgehead atoms. The van der Waals surface area contributed by atoms with E-state index in [-0.39, 0.29) is 27.8 Å². The van der Waals surface area contributed by atoms with Crippen molar-refractivity contribution in [2.24, 2.45) is 0 Å². The van der Waals surface area contributed by atoms with Crippen LogP contribution >= 0.6 is 0 Å². The van der Waals surface area contributed by atoms with Crippen LogP contribution in [-0.4, -0.2) is 14.7 Å². The van der Waals surface area contributed by atoms with Crippen LogP contribution in [0.15, 0.2) is 27.8 Å². The normalized spacial score (nSPS) is 14.8. The van der Waals surface area contributed by atoms with Gasteiger partial charge in [-0.1, -0.05) is 0 Å². The van der Waals surface area contributed by atoms with Crippen molar-refractivity contribution in [2.75, 3.05) is 0 Å². The molecule has 2 aromatic heterocycles. The molecule has 1 saturated carbocycles. The number of hydrogen-bond acceptors (Lipinski definition) is 3. The molecular formula is C15H10F2N2O3. The van der Waals surface area contributed by atoms with Gasteiger partial charge in [0.1, 0.15) is 11.2 Å². The Bertz CT molecular complexity index is 1060. The molecule has 5 nitrogen and oxygen atoms in total. The average molecular weight is 304 g/mol. The Hall–Kier alpha value is -2.70. The molecule has 0 spiro atoms. The number of aromatic hydroxyl groups is 1. The quantitative estimate of drug-likeness (QED) is 0.677. The number of H-pyrrole nitrogens is 1. The third-order valence-corrected chi connectivity index (χ3v) is 3.91. The van der Waals surface area contributed by atoms with Gasteiger partial charge < -0.3 is 9.67 Å². The van der Waals surface area contributed by atoms with Gasteiger partial charge in [-0.3, -0.25) is 14.6 Å².